The number of rotatable bonds is 3. The summed E-state index contributed by atoms with van der Waals surface area (Å²) in [5.41, 5.74) is 0.340. The third-order valence-electron chi connectivity index (χ3n) is 3.99. The monoisotopic (exact) mass is 373 g/mol. The molecule has 2 rings (SSSR count). The summed E-state index contributed by atoms with van der Waals surface area (Å²) in [7, 11) is 0. The predicted octanol–water partition coefficient (Wildman–Crippen LogP) is 3.82. The first-order valence-electron chi connectivity index (χ1n) is 6.92. The molecule has 1 amide bonds. The lowest BCUT2D eigenvalue weighted by Gasteiger charge is -2.37. The summed E-state index contributed by atoms with van der Waals surface area (Å²) in [6.45, 7) is 2.50. The molecule has 1 aromatic carbocycles. The standard InChI is InChI=1S/C15H17BrClNO3/c1-2-9-5-6-18(13(7-9)15(20)21)14(19)11-8-10(16)3-4-12(11)17/h3-4,8-9,13H,2,5-7H2,1H3,(H,20,21). The largest absolute Gasteiger partial charge is 0.480 e. The molecular formula is C15H17BrClNO3. The van der Waals surface area contributed by atoms with Gasteiger partial charge in [-0.1, -0.05) is 40.9 Å². The first-order chi connectivity index (χ1) is 9.93. The maximum atomic E-state index is 12.6. The molecule has 1 N–H and O–H groups in total. The summed E-state index contributed by atoms with van der Waals surface area (Å²) in [5, 5.41) is 9.74. The van der Waals surface area contributed by atoms with Crippen LogP contribution in [-0.2, 0) is 4.79 Å². The van der Waals surface area contributed by atoms with E-state index in [1.165, 1.54) is 4.90 Å². The van der Waals surface area contributed by atoms with Crippen molar-refractivity contribution in [2.24, 2.45) is 5.92 Å². The number of carboxylic acid groups (broad SMARTS) is 1. The number of carboxylic acids is 1. The van der Waals surface area contributed by atoms with E-state index >= 15 is 0 Å². The summed E-state index contributed by atoms with van der Waals surface area (Å²) >= 11 is 9.39. The number of amides is 1. The maximum absolute atomic E-state index is 12.6. The van der Waals surface area contributed by atoms with Gasteiger partial charge in [-0.3, -0.25) is 4.79 Å². The fraction of sp³-hybridized carbons (Fsp3) is 0.467. The molecule has 1 aromatic rings. The van der Waals surface area contributed by atoms with Gasteiger partial charge in [-0.25, -0.2) is 4.79 Å². The summed E-state index contributed by atoms with van der Waals surface area (Å²) in [6, 6.07) is 4.24. The molecule has 0 saturated carbocycles. The van der Waals surface area contributed by atoms with Gasteiger partial charge in [0.25, 0.3) is 5.91 Å². The molecule has 4 nitrogen and oxygen atoms in total. The average Bonchev–Trinajstić information content (AvgIpc) is 2.48. The molecule has 0 bridgehead atoms. The number of halogens is 2. The smallest absolute Gasteiger partial charge is 0.326 e. The number of hydrogen-bond acceptors (Lipinski definition) is 2. The van der Waals surface area contributed by atoms with Gasteiger partial charge >= 0.3 is 5.97 Å². The second-order valence-corrected chi connectivity index (χ2v) is 6.60. The highest BCUT2D eigenvalue weighted by atomic mass is 79.9. The topological polar surface area (TPSA) is 57.6 Å². The Morgan fingerprint density at radius 2 is 2.19 bits per heavy atom. The van der Waals surface area contributed by atoms with Gasteiger partial charge in [0, 0.05) is 11.0 Å². The second-order valence-electron chi connectivity index (χ2n) is 5.28. The summed E-state index contributed by atoms with van der Waals surface area (Å²) in [5.74, 6) is -0.913. The van der Waals surface area contributed by atoms with E-state index in [1.54, 1.807) is 18.2 Å². The Bertz CT molecular complexity index is 564. The van der Waals surface area contributed by atoms with Crippen LogP contribution < -0.4 is 0 Å². The molecule has 2 unspecified atom stereocenters. The Morgan fingerprint density at radius 1 is 1.48 bits per heavy atom. The van der Waals surface area contributed by atoms with Crippen molar-refractivity contribution >= 4 is 39.4 Å². The molecule has 21 heavy (non-hydrogen) atoms. The van der Waals surface area contributed by atoms with Gasteiger partial charge in [0.15, 0.2) is 0 Å². The second kappa shape index (κ2) is 6.79. The van der Waals surface area contributed by atoms with Crippen LogP contribution in [0.1, 0.15) is 36.5 Å². The highest BCUT2D eigenvalue weighted by molar-refractivity contribution is 9.10. The summed E-state index contributed by atoms with van der Waals surface area (Å²) < 4.78 is 0.741. The summed E-state index contributed by atoms with van der Waals surface area (Å²) in [4.78, 5) is 25.6. The van der Waals surface area contributed by atoms with Crippen LogP contribution in [-0.4, -0.2) is 34.5 Å². The van der Waals surface area contributed by atoms with Crippen LogP contribution in [0, 0.1) is 5.92 Å². The lowest BCUT2D eigenvalue weighted by Crippen LogP contribution is -2.50. The molecule has 1 fully saturated rings. The molecule has 1 heterocycles. The number of likely N-dealkylation sites (tertiary alicyclic amines) is 1. The Kier molecular flexibility index (Phi) is 5.27. The van der Waals surface area contributed by atoms with Gasteiger partial charge in [0.1, 0.15) is 6.04 Å². The van der Waals surface area contributed by atoms with Crippen molar-refractivity contribution in [1.29, 1.82) is 0 Å². The maximum Gasteiger partial charge on any atom is 0.326 e. The molecule has 6 heteroatoms. The van der Waals surface area contributed by atoms with Crippen molar-refractivity contribution in [3.63, 3.8) is 0 Å². The lowest BCUT2D eigenvalue weighted by molar-refractivity contribution is -0.144. The van der Waals surface area contributed by atoms with Crippen LogP contribution >= 0.6 is 27.5 Å². The molecule has 2 atom stereocenters. The van der Waals surface area contributed by atoms with Gasteiger partial charge in [-0.15, -0.1) is 0 Å². The molecule has 1 aliphatic rings. The quantitative estimate of drug-likeness (QED) is 0.875. The van der Waals surface area contributed by atoms with Crippen molar-refractivity contribution < 1.29 is 14.7 Å². The van der Waals surface area contributed by atoms with E-state index in [0.717, 1.165) is 17.3 Å². The number of piperidine rings is 1. The Labute approximate surface area is 137 Å². The van der Waals surface area contributed by atoms with E-state index in [4.69, 9.17) is 11.6 Å². The molecule has 0 aromatic heterocycles. The van der Waals surface area contributed by atoms with Crippen molar-refractivity contribution in [2.75, 3.05) is 6.54 Å². The number of carbonyl (C=O) groups excluding carboxylic acids is 1. The van der Waals surface area contributed by atoms with E-state index in [-0.39, 0.29) is 5.91 Å². The number of hydrogen-bond donors (Lipinski definition) is 1. The van der Waals surface area contributed by atoms with E-state index in [1.807, 2.05) is 6.92 Å². The third-order valence-corrected chi connectivity index (χ3v) is 4.82. The van der Waals surface area contributed by atoms with Crippen LogP contribution in [0.4, 0.5) is 0 Å². The fourth-order valence-corrected chi connectivity index (χ4v) is 3.26. The first-order valence-corrected chi connectivity index (χ1v) is 8.10. The van der Waals surface area contributed by atoms with Gasteiger partial charge in [-0.05, 0) is 37.0 Å². The molecule has 0 spiro atoms. The van der Waals surface area contributed by atoms with Gasteiger partial charge in [-0.2, -0.15) is 0 Å². The van der Waals surface area contributed by atoms with Crippen molar-refractivity contribution in [2.45, 2.75) is 32.2 Å². The third kappa shape index (κ3) is 3.58. The van der Waals surface area contributed by atoms with E-state index in [0.29, 0.717) is 29.5 Å². The van der Waals surface area contributed by atoms with Crippen LogP contribution in [0.2, 0.25) is 5.02 Å². The van der Waals surface area contributed by atoms with Crippen molar-refractivity contribution in [1.82, 2.24) is 4.90 Å². The van der Waals surface area contributed by atoms with Gasteiger partial charge in [0.2, 0.25) is 0 Å². The Morgan fingerprint density at radius 3 is 2.81 bits per heavy atom. The minimum Gasteiger partial charge on any atom is -0.480 e. The molecule has 114 valence electrons. The molecule has 1 saturated heterocycles. The van der Waals surface area contributed by atoms with E-state index in [2.05, 4.69) is 15.9 Å². The molecule has 1 aliphatic heterocycles. The average molecular weight is 375 g/mol. The van der Waals surface area contributed by atoms with Crippen molar-refractivity contribution in [3.8, 4) is 0 Å². The number of benzene rings is 1. The Balaban J connectivity index is 2.28. The zero-order chi connectivity index (χ0) is 15.6. The minimum absolute atomic E-state index is 0.316. The highest BCUT2D eigenvalue weighted by Gasteiger charge is 2.36. The van der Waals surface area contributed by atoms with Gasteiger partial charge < -0.3 is 10.0 Å². The number of aliphatic carboxylic acids is 1. The van der Waals surface area contributed by atoms with Crippen LogP contribution in [0.3, 0.4) is 0 Å². The molecular weight excluding hydrogens is 358 g/mol. The number of carbonyl (C=O) groups is 2. The van der Waals surface area contributed by atoms with Crippen LogP contribution in [0.15, 0.2) is 22.7 Å². The Hall–Kier alpha value is -1.07. The number of nitrogens with zero attached hydrogens (tertiary/aromatic N) is 1. The molecule has 0 aliphatic carbocycles. The predicted molar refractivity (Wildman–Crippen MR) is 84.6 cm³/mol. The zero-order valence-corrected chi connectivity index (χ0v) is 14.0. The summed E-state index contributed by atoms with van der Waals surface area (Å²) in [6.07, 6.45) is 2.27. The SMILES string of the molecule is CCC1CCN(C(=O)c2cc(Br)ccc2Cl)C(C(=O)O)C1. The minimum atomic E-state index is -0.951. The van der Waals surface area contributed by atoms with Crippen molar-refractivity contribution in [3.05, 3.63) is 33.3 Å². The normalized spacial score (nSPS) is 22.1. The van der Waals surface area contributed by atoms with Crippen LogP contribution in [0.5, 0.6) is 0 Å². The first kappa shape index (κ1) is 16.3. The van der Waals surface area contributed by atoms with Crippen LogP contribution in [0.25, 0.3) is 0 Å². The van der Waals surface area contributed by atoms with E-state index < -0.39 is 12.0 Å². The van der Waals surface area contributed by atoms with E-state index in [9.17, 15) is 14.7 Å². The fourth-order valence-electron chi connectivity index (χ4n) is 2.70. The highest BCUT2D eigenvalue weighted by Crippen LogP contribution is 2.29. The molecule has 0 radical (unpaired) electrons. The van der Waals surface area contributed by atoms with Gasteiger partial charge in [0.05, 0.1) is 10.6 Å². The lowest BCUT2D eigenvalue weighted by atomic mass is 9.88. The zero-order valence-electron chi connectivity index (χ0n) is 11.7.